The maximum Gasteiger partial charge on any atom is 0.308 e. The van der Waals surface area contributed by atoms with E-state index in [-0.39, 0.29) is 24.7 Å². The Morgan fingerprint density at radius 1 is 0.912 bits per heavy atom. The summed E-state index contributed by atoms with van der Waals surface area (Å²) < 4.78 is 44.8. The highest BCUT2D eigenvalue weighted by molar-refractivity contribution is 5.91. The highest BCUT2D eigenvalue weighted by Crippen LogP contribution is 2.56. The lowest BCUT2D eigenvalue weighted by Crippen LogP contribution is -2.63. The second-order valence-corrected chi connectivity index (χ2v) is 20.4. The van der Waals surface area contributed by atoms with Gasteiger partial charge in [0, 0.05) is 44.7 Å². The molecule has 0 spiro atoms. The van der Waals surface area contributed by atoms with Crippen LogP contribution in [0.3, 0.4) is 0 Å². The van der Waals surface area contributed by atoms with E-state index >= 15 is 0 Å². The van der Waals surface area contributed by atoms with E-state index in [9.17, 15) is 30.0 Å². The summed E-state index contributed by atoms with van der Waals surface area (Å²) in [4.78, 5) is 29.8. The lowest BCUT2D eigenvalue weighted by molar-refractivity contribution is -0.304. The van der Waals surface area contributed by atoms with Gasteiger partial charge in [-0.25, -0.2) is 0 Å². The minimum absolute atomic E-state index is 0.0507. The van der Waals surface area contributed by atoms with Crippen LogP contribution in [0.15, 0.2) is 30.0 Å². The average molecular weight is 963 g/mol. The number of unbranched alkanes of at least 4 members (excludes halogenated alkanes) is 6. The van der Waals surface area contributed by atoms with Crippen molar-refractivity contribution in [3.63, 3.8) is 0 Å². The van der Waals surface area contributed by atoms with E-state index in [0.717, 1.165) is 30.5 Å². The number of aromatic nitrogens is 3. The fraction of sp³-hybridized carbons (Fsp3) is 0.843. The summed E-state index contributed by atoms with van der Waals surface area (Å²) >= 11 is 0. The molecule has 0 radical (unpaired) electrons. The van der Waals surface area contributed by atoms with Crippen molar-refractivity contribution >= 4 is 11.8 Å². The maximum absolute atomic E-state index is 14.1. The third-order valence-corrected chi connectivity index (χ3v) is 15.1. The third-order valence-electron chi connectivity index (χ3n) is 15.1. The van der Waals surface area contributed by atoms with Gasteiger partial charge in [0.1, 0.15) is 23.9 Å². The van der Waals surface area contributed by atoms with Crippen LogP contribution in [-0.2, 0) is 55.7 Å². The molecule has 68 heavy (non-hydrogen) atoms. The topological polar surface area (TPSA) is 214 Å². The smallest absolute Gasteiger partial charge is 0.308 e. The summed E-state index contributed by atoms with van der Waals surface area (Å²) in [5, 5.41) is 54.9. The number of carbonyl (C=O) groups is 2. The zero-order valence-corrected chi connectivity index (χ0v) is 42.8. The highest BCUT2D eigenvalue weighted by Gasteiger charge is 2.75. The molecule has 4 N–H and O–H groups in total. The molecule has 0 bridgehead atoms. The molecule has 18 atom stereocenters. The van der Waals surface area contributed by atoms with E-state index in [2.05, 4.69) is 17.2 Å². The Morgan fingerprint density at radius 2 is 1.62 bits per heavy atom. The number of likely N-dealkylation sites (N-methyl/N-ethyl adjacent to an activating group) is 1. The highest BCUT2D eigenvalue weighted by atomic mass is 16.7. The molecule has 0 amide bonds. The minimum atomic E-state index is -1.27. The number of allylic oxidation sites excluding steroid dienone is 3. The van der Waals surface area contributed by atoms with Crippen LogP contribution in [0.1, 0.15) is 125 Å². The summed E-state index contributed by atoms with van der Waals surface area (Å²) in [6.07, 6.45) is 7.78. The molecule has 4 heterocycles. The lowest BCUT2D eigenvalue weighted by atomic mass is 9.79. The Balaban J connectivity index is 1.41. The van der Waals surface area contributed by atoms with E-state index in [1.165, 1.54) is 39.2 Å². The van der Waals surface area contributed by atoms with Gasteiger partial charge < -0.3 is 58.5 Å². The number of aryl methyl sites for hydroxylation is 2. The molecule has 1 saturated carbocycles. The first-order chi connectivity index (χ1) is 32.4. The number of nitrogens with zero attached hydrogens (tertiary/aromatic N) is 4. The van der Waals surface area contributed by atoms with Crippen LogP contribution < -0.4 is 0 Å². The number of aliphatic hydroxyl groups is 4. The lowest BCUT2D eigenvalue weighted by Gasteiger charge is -2.46. The molecule has 1 aromatic rings. The summed E-state index contributed by atoms with van der Waals surface area (Å²) in [6, 6.07) is -0.717. The Morgan fingerprint density at radius 3 is 2.28 bits per heavy atom. The molecule has 2 saturated heterocycles. The molecule has 4 aliphatic rings. The van der Waals surface area contributed by atoms with Gasteiger partial charge in [-0.1, -0.05) is 89.2 Å². The predicted octanol–water partition coefficient (Wildman–Crippen LogP) is 4.95. The summed E-state index contributed by atoms with van der Waals surface area (Å²) in [5.41, 5.74) is 0.465. The number of aliphatic hydroxyl groups excluding tert-OH is 3. The number of cyclic esters (lactones) is 1. The Bertz CT molecular complexity index is 1780. The van der Waals surface area contributed by atoms with Crippen LogP contribution in [0.4, 0.5) is 0 Å². The molecule has 1 aromatic heterocycles. The third kappa shape index (κ3) is 14.0. The molecule has 17 heteroatoms. The van der Waals surface area contributed by atoms with Crippen molar-refractivity contribution in [2.45, 2.75) is 211 Å². The first-order valence-corrected chi connectivity index (χ1v) is 25.4. The van der Waals surface area contributed by atoms with Crippen molar-refractivity contribution in [1.82, 2.24) is 19.9 Å². The first-order valence-electron chi connectivity index (χ1n) is 25.4. The number of hydrogen-bond acceptors (Lipinski definition) is 16. The SMILES string of the molecule is CCCCCCCCCc1cn(CC[C@H]2C[C@@H](C)C(=O)/C=C/C(C)=C/[C@H](CO[C@@H]3OC(C)C4(O)[C@@H](OC)[C@@H]4C3OC)[C@@H](CC)OC(=O)C[C@@H](O)[C@H](C)[C@H]2O[C@@H]2O[C@H](C)[C@@H](O)C(N(C)C)C2O)nn1. The van der Waals surface area contributed by atoms with Crippen LogP contribution >= 0.6 is 0 Å². The molecule has 0 aromatic carbocycles. The van der Waals surface area contributed by atoms with E-state index in [1.54, 1.807) is 59.0 Å². The number of carbonyl (C=O) groups excluding carboxylic acids is 2. The average Bonchev–Trinajstić information content (AvgIpc) is 3.67. The quantitative estimate of drug-likeness (QED) is 0.101. The number of hydrogen-bond donors (Lipinski definition) is 4. The number of fused-ring (bicyclic) bond motifs is 1. The number of ether oxygens (including phenoxy) is 7. The Hall–Kier alpha value is -2.68. The van der Waals surface area contributed by atoms with Gasteiger partial charge in [-0.3, -0.25) is 14.3 Å². The van der Waals surface area contributed by atoms with Gasteiger partial charge in [0.25, 0.3) is 0 Å². The van der Waals surface area contributed by atoms with Crippen LogP contribution in [0.25, 0.3) is 0 Å². The number of rotatable bonds is 20. The normalized spacial score (nSPS) is 39.8. The monoisotopic (exact) mass is 963 g/mol. The molecular formula is C51H86N4O13. The van der Waals surface area contributed by atoms with Crippen LogP contribution in [-0.4, -0.2) is 166 Å². The molecule has 17 nitrogen and oxygen atoms in total. The molecule has 388 valence electrons. The van der Waals surface area contributed by atoms with Gasteiger partial charge in [-0.05, 0) is 79.0 Å². The largest absolute Gasteiger partial charge is 0.462 e. The van der Waals surface area contributed by atoms with Gasteiger partial charge in [0.15, 0.2) is 18.4 Å². The molecule has 3 fully saturated rings. The molecule has 1 aliphatic carbocycles. The zero-order chi connectivity index (χ0) is 49.9. The Labute approximate surface area is 405 Å². The van der Waals surface area contributed by atoms with Crippen molar-refractivity contribution < 1.29 is 63.2 Å². The summed E-state index contributed by atoms with van der Waals surface area (Å²) in [6.45, 7) is 13.6. The van der Waals surface area contributed by atoms with Crippen molar-refractivity contribution in [3.05, 3.63) is 35.7 Å². The van der Waals surface area contributed by atoms with Crippen molar-refractivity contribution in [2.75, 3.05) is 34.9 Å². The van der Waals surface area contributed by atoms with Crippen molar-refractivity contribution in [2.24, 2.45) is 29.6 Å². The van der Waals surface area contributed by atoms with Gasteiger partial charge in [-0.15, -0.1) is 5.10 Å². The predicted molar refractivity (Wildman–Crippen MR) is 254 cm³/mol. The summed E-state index contributed by atoms with van der Waals surface area (Å²) in [7, 11) is 6.61. The van der Waals surface area contributed by atoms with Crippen LogP contribution in [0.2, 0.25) is 0 Å². The minimum Gasteiger partial charge on any atom is -0.462 e. The van der Waals surface area contributed by atoms with Gasteiger partial charge in [0.05, 0.1) is 67.3 Å². The molecule has 3 aliphatic heterocycles. The number of esters is 1. The van der Waals surface area contributed by atoms with Crippen molar-refractivity contribution in [3.8, 4) is 0 Å². The first kappa shape index (κ1) is 56.2. The van der Waals surface area contributed by atoms with E-state index in [1.807, 2.05) is 37.7 Å². The van der Waals surface area contributed by atoms with E-state index < -0.39 is 109 Å². The maximum atomic E-state index is 14.1. The van der Waals surface area contributed by atoms with Gasteiger partial charge in [0.2, 0.25) is 0 Å². The number of methoxy groups -OCH3 is 2. The number of ketones is 1. The van der Waals surface area contributed by atoms with E-state index in [4.69, 9.17) is 33.2 Å². The molecule has 5 rings (SSSR count). The zero-order valence-electron chi connectivity index (χ0n) is 42.8. The molecular weight excluding hydrogens is 877 g/mol. The van der Waals surface area contributed by atoms with Crippen LogP contribution in [0.5, 0.6) is 0 Å². The fourth-order valence-electron chi connectivity index (χ4n) is 10.8. The fourth-order valence-corrected chi connectivity index (χ4v) is 10.8. The van der Waals surface area contributed by atoms with Crippen molar-refractivity contribution in [1.29, 1.82) is 0 Å². The molecule has 5 unspecified atom stereocenters. The second-order valence-electron chi connectivity index (χ2n) is 20.4. The van der Waals surface area contributed by atoms with Gasteiger partial charge >= 0.3 is 5.97 Å². The standard InChI is InChI=1S/C51H86N4O13/c1-12-14-15-16-17-18-19-20-37-28-55(53-52-37)24-23-35-26-31(4)38(56)22-21-30(3)25-36(29-64-50-47(62-10)42-48(63-11)51(42,61)34(7)66-50)40(13-2)67-41(58)27-39(57)32(5)46(35)68-49-45(60)43(54(8)9)44(59)33(6)65-49/h21-22,25,28,31-36,39-40,42-50,57,59-61H,12-20,23-24,26-27,29H2,1-11H3/b22-21+,30-25+/t31-,32+,33-,34?,35+,36-,39-,40-,42+,43?,44-,45?,46-,47?,48+,49+,50-,51?/m1/s1. The van der Waals surface area contributed by atoms with E-state index in [0.29, 0.717) is 25.8 Å². The summed E-state index contributed by atoms with van der Waals surface area (Å²) in [5.74, 6) is -3.22. The second kappa shape index (κ2) is 26.1. The van der Waals surface area contributed by atoms with Crippen LogP contribution in [0, 0.1) is 29.6 Å². The Kier molecular flexibility index (Phi) is 21.6. The van der Waals surface area contributed by atoms with Gasteiger partial charge in [-0.2, -0.15) is 0 Å².